The van der Waals surface area contributed by atoms with Crippen molar-refractivity contribution in [1.82, 2.24) is 20.5 Å². The van der Waals surface area contributed by atoms with Gasteiger partial charge >= 0.3 is 0 Å². The maximum absolute atomic E-state index is 14.3. The van der Waals surface area contributed by atoms with Crippen molar-refractivity contribution in [2.45, 2.75) is 19.9 Å². The maximum atomic E-state index is 14.3. The number of aliphatic imine (C=N–C) groups is 1. The van der Waals surface area contributed by atoms with Crippen molar-refractivity contribution in [2.24, 2.45) is 4.99 Å². The first-order chi connectivity index (χ1) is 12.3. The van der Waals surface area contributed by atoms with Crippen LogP contribution in [0.25, 0.3) is 0 Å². The molecule has 1 heterocycles. The van der Waals surface area contributed by atoms with Gasteiger partial charge in [0.15, 0.2) is 0 Å². The van der Waals surface area contributed by atoms with Crippen LogP contribution in [0.15, 0.2) is 41.7 Å². The van der Waals surface area contributed by atoms with Crippen LogP contribution in [0.3, 0.4) is 0 Å². The second-order valence-corrected chi connectivity index (χ2v) is 6.34. The van der Waals surface area contributed by atoms with Crippen LogP contribution < -0.4 is 10.1 Å². The van der Waals surface area contributed by atoms with Crippen LogP contribution in [0.2, 0.25) is 0 Å². The van der Waals surface area contributed by atoms with Crippen LogP contribution in [0.4, 0.5) is 4.39 Å². The fourth-order valence-electron chi connectivity index (χ4n) is 2.73. The van der Waals surface area contributed by atoms with E-state index in [1.807, 2.05) is 56.5 Å². The molecule has 0 radical (unpaired) electrons. The van der Waals surface area contributed by atoms with E-state index in [0.29, 0.717) is 24.4 Å². The van der Waals surface area contributed by atoms with Crippen molar-refractivity contribution in [1.29, 1.82) is 0 Å². The van der Waals surface area contributed by atoms with Gasteiger partial charge in [0.2, 0.25) is 0 Å². The molecule has 26 heavy (non-hydrogen) atoms. The van der Waals surface area contributed by atoms with E-state index in [1.165, 1.54) is 6.07 Å². The van der Waals surface area contributed by atoms with Crippen molar-refractivity contribution in [3.05, 3.63) is 53.6 Å². The van der Waals surface area contributed by atoms with Gasteiger partial charge in [-0.2, -0.15) is 5.12 Å². The van der Waals surface area contributed by atoms with Crippen molar-refractivity contribution in [2.75, 3.05) is 34.8 Å². The highest BCUT2D eigenvalue weighted by Gasteiger charge is 2.19. The molecule has 0 aliphatic carbocycles. The first kappa shape index (κ1) is 19.9. The Hall–Kier alpha value is -2.38. The lowest BCUT2D eigenvalue weighted by Crippen LogP contribution is -2.43. The van der Waals surface area contributed by atoms with Crippen molar-refractivity contribution >= 4 is 5.84 Å². The van der Waals surface area contributed by atoms with Gasteiger partial charge in [0.25, 0.3) is 0 Å². The minimum atomic E-state index is -0.248. The molecule has 1 aromatic rings. The summed E-state index contributed by atoms with van der Waals surface area (Å²) in [6.07, 6.45) is 4.23. The molecule has 0 aromatic heterocycles. The average molecular weight is 361 g/mol. The summed E-state index contributed by atoms with van der Waals surface area (Å²) in [6, 6.07) is 3.13. The molecule has 0 amide bonds. The fraction of sp³-hybridized carbons (Fsp3) is 0.421. The molecule has 1 aromatic carbocycles. The Bertz CT molecular complexity index is 714. The molecule has 1 aliphatic rings. The maximum Gasteiger partial charge on any atom is 0.129 e. The van der Waals surface area contributed by atoms with Gasteiger partial charge in [-0.3, -0.25) is 4.99 Å². The summed E-state index contributed by atoms with van der Waals surface area (Å²) in [5.74, 6) is 1.16. The lowest BCUT2D eigenvalue weighted by molar-refractivity contribution is -0.0950. The molecule has 6 nitrogen and oxygen atoms in total. The predicted octanol–water partition coefficient (Wildman–Crippen LogP) is 2.55. The number of ether oxygens (including phenoxy) is 1. The summed E-state index contributed by atoms with van der Waals surface area (Å²) in [6.45, 7) is 6.49. The molecule has 1 N–H and O–H groups in total. The SMILES string of the molecule is C=CNC(=NCc1c(F)ccc2c1CCO2)/C(C)=C/N(C)N(C)N(C)C. The smallest absolute Gasteiger partial charge is 0.129 e. The van der Waals surface area contributed by atoms with E-state index in [1.54, 1.807) is 12.3 Å². The third kappa shape index (κ3) is 4.62. The van der Waals surface area contributed by atoms with Crippen molar-refractivity contribution in [3.8, 4) is 5.75 Å². The highest BCUT2D eigenvalue weighted by molar-refractivity contribution is 5.98. The number of amidine groups is 1. The zero-order valence-corrected chi connectivity index (χ0v) is 16.2. The van der Waals surface area contributed by atoms with Gasteiger partial charge in [0.05, 0.1) is 13.2 Å². The molecule has 0 atom stereocenters. The molecule has 0 saturated heterocycles. The second-order valence-electron chi connectivity index (χ2n) is 6.34. The second kappa shape index (κ2) is 8.82. The quantitative estimate of drug-likeness (QED) is 0.459. The van der Waals surface area contributed by atoms with Gasteiger partial charge in [0.1, 0.15) is 17.4 Å². The largest absolute Gasteiger partial charge is 0.493 e. The van der Waals surface area contributed by atoms with E-state index in [4.69, 9.17) is 4.74 Å². The molecule has 1 aliphatic heterocycles. The number of hydrogen-bond donors (Lipinski definition) is 1. The molecule has 0 saturated carbocycles. The summed E-state index contributed by atoms with van der Waals surface area (Å²) in [7, 11) is 7.80. The number of rotatable bonds is 7. The standard InChI is InChI=1S/C19H28FN5O/c1-7-21-19(14(2)13-24(5)25(6)23(3)4)22-12-16-15-10-11-26-18(15)9-8-17(16)20/h7-9,13H,1,10-12H2,2-6H3,(H,21,22)/b14-13+. The first-order valence-corrected chi connectivity index (χ1v) is 8.52. The molecular weight excluding hydrogens is 333 g/mol. The zero-order chi connectivity index (χ0) is 19.3. The summed E-state index contributed by atoms with van der Waals surface area (Å²) in [4.78, 5) is 4.59. The Morgan fingerprint density at radius 2 is 2.08 bits per heavy atom. The Morgan fingerprint density at radius 3 is 2.73 bits per heavy atom. The number of hydrazine groups is 2. The summed E-state index contributed by atoms with van der Waals surface area (Å²) in [5, 5.41) is 8.87. The Kier molecular flexibility index (Phi) is 6.76. The summed E-state index contributed by atoms with van der Waals surface area (Å²) in [5.41, 5.74) is 2.41. The van der Waals surface area contributed by atoms with E-state index in [-0.39, 0.29) is 12.4 Å². The Balaban J connectivity index is 2.25. The van der Waals surface area contributed by atoms with E-state index in [2.05, 4.69) is 16.9 Å². The van der Waals surface area contributed by atoms with Crippen LogP contribution in [0.1, 0.15) is 18.1 Å². The third-order valence-electron chi connectivity index (χ3n) is 4.36. The zero-order valence-electron chi connectivity index (χ0n) is 16.2. The third-order valence-corrected chi connectivity index (χ3v) is 4.36. The number of benzene rings is 1. The molecule has 142 valence electrons. The number of halogens is 1. The molecule has 0 fully saturated rings. The van der Waals surface area contributed by atoms with Gasteiger partial charge in [-0.05, 0) is 25.3 Å². The minimum Gasteiger partial charge on any atom is -0.493 e. The molecule has 2 rings (SSSR count). The summed E-state index contributed by atoms with van der Waals surface area (Å²) >= 11 is 0. The highest BCUT2D eigenvalue weighted by Crippen LogP contribution is 2.30. The van der Waals surface area contributed by atoms with Gasteiger partial charge < -0.3 is 15.1 Å². The number of nitrogens with zero attached hydrogens (tertiary/aromatic N) is 4. The molecular formula is C19H28FN5O. The number of fused-ring (bicyclic) bond motifs is 1. The van der Waals surface area contributed by atoms with E-state index >= 15 is 0 Å². The van der Waals surface area contributed by atoms with E-state index < -0.39 is 0 Å². The predicted molar refractivity (Wildman–Crippen MR) is 103 cm³/mol. The van der Waals surface area contributed by atoms with E-state index in [9.17, 15) is 4.39 Å². The fourth-order valence-corrected chi connectivity index (χ4v) is 2.73. The Morgan fingerprint density at radius 1 is 1.35 bits per heavy atom. The van der Waals surface area contributed by atoms with Crippen LogP contribution >= 0.6 is 0 Å². The number of nitrogens with one attached hydrogen (secondary N) is 1. The minimum absolute atomic E-state index is 0.243. The van der Waals surface area contributed by atoms with Crippen LogP contribution in [-0.2, 0) is 13.0 Å². The lowest BCUT2D eigenvalue weighted by Gasteiger charge is -2.32. The van der Waals surface area contributed by atoms with Gasteiger partial charge in [-0.1, -0.05) is 6.58 Å². The average Bonchev–Trinajstić information content (AvgIpc) is 3.07. The van der Waals surface area contributed by atoms with Gasteiger partial charge in [-0.15, -0.1) is 0 Å². The highest BCUT2D eigenvalue weighted by atomic mass is 19.1. The van der Waals surface area contributed by atoms with Crippen molar-refractivity contribution in [3.63, 3.8) is 0 Å². The Labute approximate surface area is 155 Å². The van der Waals surface area contributed by atoms with E-state index in [0.717, 1.165) is 16.9 Å². The van der Waals surface area contributed by atoms with Crippen LogP contribution in [-0.4, -0.2) is 55.8 Å². The lowest BCUT2D eigenvalue weighted by atomic mass is 10.0. The number of hydrogen-bond acceptors (Lipinski definition) is 5. The monoisotopic (exact) mass is 361 g/mol. The molecule has 0 spiro atoms. The molecule has 7 heteroatoms. The van der Waals surface area contributed by atoms with Crippen molar-refractivity contribution < 1.29 is 9.13 Å². The van der Waals surface area contributed by atoms with Gasteiger partial charge in [0, 0.05) is 57.5 Å². The van der Waals surface area contributed by atoms with Crippen LogP contribution in [0, 0.1) is 5.82 Å². The van der Waals surface area contributed by atoms with Gasteiger partial charge in [-0.25, -0.2) is 9.40 Å². The topological polar surface area (TPSA) is 43.3 Å². The normalized spacial score (nSPS) is 14.5. The molecule has 0 bridgehead atoms. The summed E-state index contributed by atoms with van der Waals surface area (Å²) < 4.78 is 19.8. The molecule has 0 unspecified atom stereocenters. The van der Waals surface area contributed by atoms with Crippen LogP contribution in [0.5, 0.6) is 5.75 Å². The first-order valence-electron chi connectivity index (χ1n) is 8.52.